The Morgan fingerprint density at radius 3 is 2.43 bits per heavy atom. The fraction of sp³-hybridized carbons (Fsp3) is 0.562. The van der Waals surface area contributed by atoms with Crippen molar-refractivity contribution < 1.29 is 9.53 Å². The number of rotatable bonds is 10. The summed E-state index contributed by atoms with van der Waals surface area (Å²) < 4.78 is 5.27. The van der Waals surface area contributed by atoms with Gasteiger partial charge < -0.3 is 15.0 Å². The molecule has 0 saturated heterocycles. The Hall–Kier alpha value is -1.43. The summed E-state index contributed by atoms with van der Waals surface area (Å²) in [4.78, 5) is 16.0. The van der Waals surface area contributed by atoms with Crippen LogP contribution in [0, 0.1) is 0 Å². The van der Waals surface area contributed by atoms with Gasteiger partial charge in [0.2, 0.25) is 0 Å². The molecule has 0 atom stereocenters. The Morgan fingerprint density at radius 1 is 1.10 bits per heavy atom. The molecule has 1 aromatic carbocycles. The molecule has 0 spiro atoms. The van der Waals surface area contributed by atoms with E-state index in [9.17, 15) is 4.79 Å². The van der Waals surface area contributed by atoms with Crippen LogP contribution in [0.4, 0.5) is 0 Å². The van der Waals surface area contributed by atoms with Gasteiger partial charge in [-0.1, -0.05) is 30.3 Å². The molecule has 0 aliphatic heterocycles. The van der Waals surface area contributed by atoms with E-state index < -0.39 is 0 Å². The van der Waals surface area contributed by atoms with Crippen LogP contribution >= 0.6 is 0 Å². The van der Waals surface area contributed by atoms with E-state index >= 15 is 0 Å². The molecule has 0 aromatic heterocycles. The van der Waals surface area contributed by atoms with Crippen LogP contribution in [0.5, 0.6) is 0 Å². The number of carbonyl (C=O) groups excluding carboxylic acids is 1. The molecule has 0 heterocycles. The minimum Gasteiger partial charge on any atom is -0.460 e. The van der Waals surface area contributed by atoms with Crippen LogP contribution in [0.2, 0.25) is 0 Å². The van der Waals surface area contributed by atoms with Crippen molar-refractivity contribution in [3.05, 3.63) is 35.9 Å². The minimum atomic E-state index is -0.181. The maximum Gasteiger partial charge on any atom is 0.320 e. The first-order chi connectivity index (χ1) is 10.1. The lowest BCUT2D eigenvalue weighted by Gasteiger charge is -2.21. The predicted octanol–water partition coefficient (Wildman–Crippen LogP) is 0.813. The van der Waals surface area contributed by atoms with Crippen LogP contribution in [-0.2, 0) is 16.1 Å². The van der Waals surface area contributed by atoms with E-state index in [1.807, 2.05) is 49.3 Å². The fourth-order valence-corrected chi connectivity index (χ4v) is 1.84. The van der Waals surface area contributed by atoms with Gasteiger partial charge in [0.05, 0.1) is 6.54 Å². The molecule has 0 aliphatic rings. The quantitative estimate of drug-likeness (QED) is 0.647. The average molecular weight is 293 g/mol. The molecule has 5 heteroatoms. The van der Waals surface area contributed by atoms with Gasteiger partial charge in [0.15, 0.2) is 0 Å². The van der Waals surface area contributed by atoms with Gasteiger partial charge in [0.1, 0.15) is 6.61 Å². The second-order valence-corrected chi connectivity index (χ2v) is 5.29. The Morgan fingerprint density at radius 2 is 1.76 bits per heavy atom. The lowest BCUT2D eigenvalue weighted by atomic mass is 10.2. The van der Waals surface area contributed by atoms with Crippen LogP contribution < -0.4 is 5.32 Å². The van der Waals surface area contributed by atoms with Gasteiger partial charge in [0, 0.05) is 26.2 Å². The molecular formula is C16H27N3O2. The predicted molar refractivity (Wildman–Crippen MR) is 85.2 cm³/mol. The van der Waals surface area contributed by atoms with Crippen molar-refractivity contribution in [3.63, 3.8) is 0 Å². The van der Waals surface area contributed by atoms with E-state index in [1.54, 1.807) is 0 Å². The van der Waals surface area contributed by atoms with E-state index in [-0.39, 0.29) is 5.97 Å². The minimum absolute atomic E-state index is 0.181. The molecule has 0 aliphatic carbocycles. The maximum atomic E-state index is 11.8. The number of nitrogens with zero attached hydrogens (tertiary/aromatic N) is 2. The highest BCUT2D eigenvalue weighted by Crippen LogP contribution is 2.01. The van der Waals surface area contributed by atoms with Crippen molar-refractivity contribution in [1.82, 2.24) is 15.1 Å². The molecular weight excluding hydrogens is 266 g/mol. The zero-order valence-electron chi connectivity index (χ0n) is 13.3. The largest absolute Gasteiger partial charge is 0.460 e. The highest BCUT2D eigenvalue weighted by Gasteiger charge is 2.08. The highest BCUT2D eigenvalue weighted by atomic mass is 16.5. The van der Waals surface area contributed by atoms with E-state index in [1.165, 1.54) is 0 Å². The van der Waals surface area contributed by atoms with Crippen molar-refractivity contribution >= 4 is 5.97 Å². The van der Waals surface area contributed by atoms with E-state index in [0.717, 1.165) is 31.7 Å². The summed E-state index contributed by atoms with van der Waals surface area (Å²) in [6.07, 6.45) is 0. The third-order valence-corrected chi connectivity index (χ3v) is 3.25. The normalized spacial score (nSPS) is 11.1. The maximum absolute atomic E-state index is 11.8. The Balaban J connectivity index is 2.15. The summed E-state index contributed by atoms with van der Waals surface area (Å²) in [6, 6.07) is 9.73. The fourth-order valence-electron chi connectivity index (χ4n) is 1.84. The van der Waals surface area contributed by atoms with Crippen LogP contribution in [0.25, 0.3) is 0 Å². The monoisotopic (exact) mass is 293 g/mol. The molecule has 0 bridgehead atoms. The molecule has 0 unspecified atom stereocenters. The smallest absolute Gasteiger partial charge is 0.320 e. The van der Waals surface area contributed by atoms with Crippen LogP contribution in [0.15, 0.2) is 30.3 Å². The van der Waals surface area contributed by atoms with E-state index in [4.69, 9.17) is 4.74 Å². The van der Waals surface area contributed by atoms with Gasteiger partial charge in [-0.05, 0) is 26.7 Å². The zero-order chi connectivity index (χ0) is 15.5. The molecule has 5 nitrogen and oxygen atoms in total. The standard InChI is InChI=1S/C16H27N3O2/c1-17-9-10-18(2)11-12-19(3)13-16(20)21-14-15-7-5-4-6-8-15/h4-8,17H,9-14H2,1-3H3. The first kappa shape index (κ1) is 17.6. The molecule has 0 fully saturated rings. The Bertz CT molecular complexity index is 398. The number of benzene rings is 1. The van der Waals surface area contributed by atoms with E-state index in [2.05, 4.69) is 17.3 Å². The van der Waals surface area contributed by atoms with Gasteiger partial charge in [-0.3, -0.25) is 9.69 Å². The average Bonchev–Trinajstić information content (AvgIpc) is 2.50. The number of ether oxygens (including phenoxy) is 1. The summed E-state index contributed by atoms with van der Waals surface area (Å²) in [7, 11) is 5.97. The van der Waals surface area contributed by atoms with Crippen molar-refractivity contribution in [2.24, 2.45) is 0 Å². The Labute approximate surface area is 127 Å². The molecule has 1 rings (SSSR count). The molecule has 0 radical (unpaired) electrons. The molecule has 0 amide bonds. The second kappa shape index (κ2) is 10.3. The number of esters is 1. The summed E-state index contributed by atoms with van der Waals surface area (Å²) in [5.41, 5.74) is 1.01. The highest BCUT2D eigenvalue weighted by molar-refractivity contribution is 5.71. The zero-order valence-corrected chi connectivity index (χ0v) is 13.3. The molecule has 1 aromatic rings. The summed E-state index contributed by atoms with van der Waals surface area (Å²) in [5.74, 6) is -0.181. The second-order valence-electron chi connectivity index (χ2n) is 5.29. The summed E-state index contributed by atoms with van der Waals surface area (Å²) in [5, 5.41) is 3.12. The van der Waals surface area contributed by atoms with Crippen LogP contribution in [0.1, 0.15) is 5.56 Å². The van der Waals surface area contributed by atoms with Gasteiger partial charge in [-0.15, -0.1) is 0 Å². The summed E-state index contributed by atoms with van der Waals surface area (Å²) >= 11 is 0. The van der Waals surface area contributed by atoms with Crippen molar-refractivity contribution in [3.8, 4) is 0 Å². The number of carbonyl (C=O) groups is 1. The van der Waals surface area contributed by atoms with Crippen molar-refractivity contribution in [2.75, 3.05) is 53.9 Å². The third-order valence-electron chi connectivity index (χ3n) is 3.25. The van der Waals surface area contributed by atoms with Gasteiger partial charge in [-0.2, -0.15) is 0 Å². The number of hydrogen-bond donors (Lipinski definition) is 1. The number of hydrogen-bond acceptors (Lipinski definition) is 5. The van der Waals surface area contributed by atoms with E-state index in [0.29, 0.717) is 13.2 Å². The van der Waals surface area contributed by atoms with Crippen LogP contribution in [-0.4, -0.2) is 69.6 Å². The lowest BCUT2D eigenvalue weighted by molar-refractivity contribution is -0.145. The number of nitrogens with one attached hydrogen (secondary N) is 1. The van der Waals surface area contributed by atoms with Gasteiger partial charge >= 0.3 is 5.97 Å². The molecule has 21 heavy (non-hydrogen) atoms. The van der Waals surface area contributed by atoms with Crippen molar-refractivity contribution in [2.45, 2.75) is 6.61 Å². The summed E-state index contributed by atoms with van der Waals surface area (Å²) in [6.45, 7) is 4.43. The van der Waals surface area contributed by atoms with Gasteiger partial charge in [-0.25, -0.2) is 0 Å². The first-order valence-corrected chi connectivity index (χ1v) is 7.33. The Kier molecular flexibility index (Phi) is 8.66. The SMILES string of the molecule is CNCCN(C)CCN(C)CC(=O)OCc1ccccc1. The molecule has 118 valence electrons. The molecule has 0 saturated carbocycles. The topological polar surface area (TPSA) is 44.8 Å². The lowest BCUT2D eigenvalue weighted by Crippen LogP contribution is -2.36. The number of likely N-dealkylation sites (N-methyl/N-ethyl adjacent to an activating group) is 3. The molecule has 1 N–H and O–H groups in total. The first-order valence-electron chi connectivity index (χ1n) is 7.33. The van der Waals surface area contributed by atoms with Crippen molar-refractivity contribution in [1.29, 1.82) is 0 Å². The van der Waals surface area contributed by atoms with Crippen LogP contribution in [0.3, 0.4) is 0 Å². The third kappa shape index (κ3) is 8.45. The van der Waals surface area contributed by atoms with Gasteiger partial charge in [0.25, 0.3) is 0 Å².